The van der Waals surface area contributed by atoms with E-state index in [2.05, 4.69) is 10.3 Å². The quantitative estimate of drug-likeness (QED) is 0.103. The van der Waals surface area contributed by atoms with Crippen molar-refractivity contribution in [3.8, 4) is 17.2 Å². The summed E-state index contributed by atoms with van der Waals surface area (Å²) in [6.45, 7) is 3.44. The van der Waals surface area contributed by atoms with Gasteiger partial charge >= 0.3 is 6.18 Å². The third-order valence-corrected chi connectivity index (χ3v) is 7.09. The van der Waals surface area contributed by atoms with Gasteiger partial charge in [0.05, 0.1) is 31.4 Å². The average molecular weight is 622 g/mol. The number of alkyl halides is 3. The fourth-order valence-corrected chi connectivity index (χ4v) is 4.83. The maximum atomic E-state index is 13.8. The molecule has 236 valence electrons. The van der Waals surface area contributed by atoms with E-state index in [1.54, 1.807) is 12.1 Å². The number of likely N-dealkylation sites (N-methyl/N-ethyl adjacent to an activating group) is 1. The van der Waals surface area contributed by atoms with Crippen LogP contribution >= 0.6 is 0 Å². The molecule has 0 saturated carbocycles. The van der Waals surface area contributed by atoms with Gasteiger partial charge in [-0.15, -0.1) is 0 Å². The molecule has 0 aliphatic carbocycles. The van der Waals surface area contributed by atoms with E-state index in [0.29, 0.717) is 17.5 Å². The molecule has 0 spiro atoms. The molecule has 1 atom stereocenters. The Labute approximate surface area is 259 Å². The summed E-state index contributed by atoms with van der Waals surface area (Å²) in [6.07, 6.45) is -1.30. The molecule has 0 aliphatic rings. The van der Waals surface area contributed by atoms with E-state index in [1.165, 1.54) is 50.6 Å². The number of hydrogen-bond acceptors (Lipinski definition) is 8. The Morgan fingerprint density at radius 1 is 1.00 bits per heavy atom. The number of rotatable bonds is 13. The van der Waals surface area contributed by atoms with Crippen LogP contribution in [0.25, 0.3) is 17.0 Å². The fraction of sp³-hybridized carbons (Fsp3) is 0.265. The van der Waals surface area contributed by atoms with Gasteiger partial charge < -0.3 is 19.9 Å². The molecule has 0 bridgehead atoms. The normalized spacial score (nSPS) is 13.1. The molecule has 3 aromatic carbocycles. The molecule has 0 amide bonds. The molecule has 0 radical (unpaired) electrons. The highest BCUT2D eigenvalue weighted by atomic mass is 19.4. The second kappa shape index (κ2) is 13.9. The lowest BCUT2D eigenvalue weighted by Crippen LogP contribution is -2.55. The number of pyridine rings is 1. The Hall–Kier alpha value is -4.74. The number of para-hydroxylation sites is 1. The number of nitrogens with two attached hydrogens (primary N) is 1. The maximum Gasteiger partial charge on any atom is 0.416 e. The monoisotopic (exact) mass is 621 g/mol. The van der Waals surface area contributed by atoms with Gasteiger partial charge in [-0.3, -0.25) is 14.9 Å². The van der Waals surface area contributed by atoms with Crippen molar-refractivity contribution >= 4 is 28.5 Å². The van der Waals surface area contributed by atoms with Crippen LogP contribution in [0.3, 0.4) is 0 Å². The van der Waals surface area contributed by atoms with Gasteiger partial charge in [0.15, 0.2) is 5.78 Å². The van der Waals surface area contributed by atoms with E-state index in [-0.39, 0.29) is 35.0 Å². The van der Waals surface area contributed by atoms with Crippen LogP contribution in [0.15, 0.2) is 72.8 Å². The fourth-order valence-electron chi connectivity index (χ4n) is 4.83. The molecule has 1 aromatic heterocycles. The first-order valence-corrected chi connectivity index (χ1v) is 14.2. The number of hydrogen-bond donors (Lipinski definition) is 2. The van der Waals surface area contributed by atoms with E-state index in [1.807, 2.05) is 32.0 Å². The minimum Gasteiger partial charge on any atom is -0.496 e. The first-order valence-electron chi connectivity index (χ1n) is 14.2. The van der Waals surface area contributed by atoms with Crippen molar-refractivity contribution in [1.29, 1.82) is 0 Å². The number of carbonyl (C=O) groups is 2. The lowest BCUT2D eigenvalue weighted by atomic mass is 9.91. The number of halogens is 3. The largest absolute Gasteiger partial charge is 0.496 e. The minimum atomic E-state index is -4.48. The lowest BCUT2D eigenvalue weighted by molar-refractivity contribution is -0.138. The summed E-state index contributed by atoms with van der Waals surface area (Å²) < 4.78 is 57.4. The van der Waals surface area contributed by atoms with E-state index < -0.39 is 35.6 Å². The molecule has 4 rings (SSSR count). The van der Waals surface area contributed by atoms with Crippen molar-refractivity contribution in [2.24, 2.45) is 5.73 Å². The van der Waals surface area contributed by atoms with E-state index in [4.69, 9.17) is 19.9 Å². The van der Waals surface area contributed by atoms with Crippen LogP contribution in [0.2, 0.25) is 0 Å². The molecule has 0 aliphatic heterocycles. The number of carbonyl (C=O) groups excluding carboxylic acids is 2. The van der Waals surface area contributed by atoms with Gasteiger partial charge in [-0.05, 0) is 68.4 Å². The Balaban J connectivity index is 1.89. The van der Waals surface area contributed by atoms with Crippen molar-refractivity contribution in [2.75, 3.05) is 27.3 Å². The van der Waals surface area contributed by atoms with Crippen LogP contribution in [0.4, 0.5) is 13.2 Å². The zero-order valence-electron chi connectivity index (χ0n) is 25.3. The van der Waals surface area contributed by atoms with Crippen molar-refractivity contribution in [2.45, 2.75) is 32.2 Å². The van der Waals surface area contributed by atoms with Gasteiger partial charge in [0.2, 0.25) is 5.78 Å². The van der Waals surface area contributed by atoms with E-state index in [9.17, 15) is 22.8 Å². The number of ketones is 2. The van der Waals surface area contributed by atoms with Crippen LogP contribution in [-0.2, 0) is 16.7 Å². The summed E-state index contributed by atoms with van der Waals surface area (Å²) in [6, 6.07) is 16.4. The van der Waals surface area contributed by atoms with Crippen LogP contribution in [-0.4, -0.2) is 43.9 Å². The number of fused-ring (bicyclic) bond motifs is 1. The van der Waals surface area contributed by atoms with E-state index in [0.717, 1.165) is 23.2 Å². The van der Waals surface area contributed by atoms with Gasteiger partial charge in [-0.2, -0.15) is 13.2 Å². The molecular weight excluding hydrogens is 587 g/mol. The standard InChI is InChI=1S/C34H34F3N3O5/c1-5-19-44-32-25(26(41)17-12-22-10-14-24(15-11-22)34(35,36)37)16-18-27(43-4)30(32)33(39-3,29(42)20-38)45-28-8-6-7-23-13-9-21(2)40-31(23)28/h6-18,39H,5,19-20,38H2,1-4H3/b17-12+. The van der Waals surface area contributed by atoms with Gasteiger partial charge in [-0.25, -0.2) is 4.98 Å². The number of nitrogens with zero attached hydrogens (tertiary/aromatic N) is 1. The Morgan fingerprint density at radius 3 is 2.36 bits per heavy atom. The molecule has 11 heteroatoms. The van der Waals surface area contributed by atoms with Crippen LogP contribution < -0.4 is 25.3 Å². The van der Waals surface area contributed by atoms with Crippen molar-refractivity contribution in [3.05, 3.63) is 101 Å². The van der Waals surface area contributed by atoms with Gasteiger partial charge in [0.1, 0.15) is 28.3 Å². The predicted octanol–water partition coefficient (Wildman–Crippen LogP) is 6.23. The molecular formula is C34H34F3N3O5. The van der Waals surface area contributed by atoms with Crippen molar-refractivity contribution in [1.82, 2.24) is 10.3 Å². The van der Waals surface area contributed by atoms with Crippen LogP contribution in [0.1, 0.15) is 46.1 Å². The highest BCUT2D eigenvalue weighted by Crippen LogP contribution is 2.43. The number of benzene rings is 3. The summed E-state index contributed by atoms with van der Waals surface area (Å²) in [5.74, 6) is -0.629. The third-order valence-electron chi connectivity index (χ3n) is 7.09. The first-order chi connectivity index (χ1) is 21.5. The Kier molecular flexibility index (Phi) is 10.3. The predicted molar refractivity (Wildman–Crippen MR) is 165 cm³/mol. The molecule has 45 heavy (non-hydrogen) atoms. The van der Waals surface area contributed by atoms with Crippen molar-refractivity contribution in [3.63, 3.8) is 0 Å². The average Bonchev–Trinajstić information content (AvgIpc) is 3.04. The number of Topliss-reactive ketones (excluding diaryl/α,β-unsaturated/α-hetero) is 1. The van der Waals surface area contributed by atoms with Gasteiger partial charge in [-0.1, -0.05) is 43.3 Å². The zero-order valence-corrected chi connectivity index (χ0v) is 25.3. The number of aryl methyl sites for hydroxylation is 1. The molecule has 0 saturated heterocycles. The molecule has 4 aromatic rings. The maximum absolute atomic E-state index is 13.8. The third kappa shape index (κ3) is 7.00. The summed E-state index contributed by atoms with van der Waals surface area (Å²) in [4.78, 5) is 32.1. The summed E-state index contributed by atoms with van der Waals surface area (Å²) in [7, 11) is 2.92. The second-order valence-electron chi connectivity index (χ2n) is 10.1. The topological polar surface area (TPSA) is 113 Å². The Bertz CT molecular complexity index is 1720. The SMILES string of the molecule is CCCOc1c(C(=O)/C=C/c2ccc(C(F)(F)F)cc2)ccc(OC)c1C(NC)(Oc1cccc2ccc(C)nc12)C(=O)CN. The van der Waals surface area contributed by atoms with Crippen LogP contribution in [0, 0.1) is 6.92 Å². The minimum absolute atomic E-state index is 0.0267. The lowest BCUT2D eigenvalue weighted by Gasteiger charge is -2.35. The summed E-state index contributed by atoms with van der Waals surface area (Å²) in [5.41, 5.74) is 4.93. The van der Waals surface area contributed by atoms with Crippen LogP contribution in [0.5, 0.6) is 17.2 Å². The van der Waals surface area contributed by atoms with E-state index >= 15 is 0 Å². The Morgan fingerprint density at radius 2 is 1.73 bits per heavy atom. The number of methoxy groups -OCH3 is 1. The molecule has 1 unspecified atom stereocenters. The molecule has 3 N–H and O–H groups in total. The molecule has 0 fully saturated rings. The number of ether oxygens (including phenoxy) is 3. The number of nitrogens with one attached hydrogen (secondary N) is 1. The first kappa shape index (κ1) is 33.2. The second-order valence-corrected chi connectivity index (χ2v) is 10.1. The summed E-state index contributed by atoms with van der Waals surface area (Å²) >= 11 is 0. The number of allylic oxidation sites excluding steroid dienone is 1. The highest BCUT2D eigenvalue weighted by Gasteiger charge is 2.47. The van der Waals surface area contributed by atoms with Gasteiger partial charge in [0, 0.05) is 11.1 Å². The highest BCUT2D eigenvalue weighted by molar-refractivity contribution is 6.09. The summed E-state index contributed by atoms with van der Waals surface area (Å²) in [5, 5.41) is 3.76. The smallest absolute Gasteiger partial charge is 0.416 e. The molecule has 8 nitrogen and oxygen atoms in total. The molecule has 1 heterocycles. The van der Waals surface area contributed by atoms with Gasteiger partial charge in [0.25, 0.3) is 5.72 Å². The zero-order chi connectivity index (χ0) is 32.8. The van der Waals surface area contributed by atoms with Crippen molar-refractivity contribution < 1.29 is 37.0 Å². The number of aromatic nitrogens is 1.